The van der Waals surface area contributed by atoms with Crippen molar-refractivity contribution in [2.75, 3.05) is 20.0 Å². The third kappa shape index (κ3) is 8.17. The van der Waals surface area contributed by atoms with E-state index in [0.717, 1.165) is 38.5 Å². The first kappa shape index (κ1) is 35.8. The molecule has 3 fully saturated rings. The molecule has 2 bridgehead atoms. The first-order valence-corrected chi connectivity index (χ1v) is 14.1. The van der Waals surface area contributed by atoms with Gasteiger partial charge in [0.2, 0.25) is 15.9 Å². The van der Waals surface area contributed by atoms with Crippen molar-refractivity contribution in [2.45, 2.75) is 83.5 Å². The van der Waals surface area contributed by atoms with Crippen molar-refractivity contribution in [1.82, 2.24) is 4.31 Å². The Morgan fingerprint density at radius 1 is 1.08 bits per heavy atom. The van der Waals surface area contributed by atoms with Crippen LogP contribution in [0, 0.1) is 23.2 Å². The number of allylic oxidation sites excluding steroid dienone is 2. The first-order valence-electron chi connectivity index (χ1n) is 12.5. The molecule has 3 aliphatic rings. The molecule has 37 heavy (non-hydrogen) atoms. The summed E-state index contributed by atoms with van der Waals surface area (Å²) in [7, 11) is -0.375. The molecule has 0 aromatic rings. The van der Waals surface area contributed by atoms with E-state index in [0.29, 0.717) is 18.8 Å². The molecule has 2 N–H and O–H groups in total. The van der Waals surface area contributed by atoms with Crippen LogP contribution in [-0.4, -0.2) is 73.4 Å². The molecule has 0 aromatic carbocycles. The Morgan fingerprint density at radius 3 is 2.03 bits per heavy atom. The number of ether oxygens (including phenoxy) is 2. The van der Waals surface area contributed by atoms with Gasteiger partial charge in [0.05, 0.1) is 35.8 Å². The second-order valence-electron chi connectivity index (χ2n) is 10.3. The van der Waals surface area contributed by atoms with Crippen molar-refractivity contribution >= 4 is 21.9 Å². The van der Waals surface area contributed by atoms with E-state index in [1.165, 1.54) is 11.4 Å². The number of carboxylic acids is 1. The molecule has 1 saturated heterocycles. The maximum Gasteiger partial charge on any atom is 1.00 e. The summed E-state index contributed by atoms with van der Waals surface area (Å²) in [4.78, 5) is 23.5. The van der Waals surface area contributed by atoms with Crippen LogP contribution in [0.15, 0.2) is 25.3 Å². The smallest absolute Gasteiger partial charge is 0.870 e. The number of hydrogen-bond acceptors (Lipinski definition) is 7. The molecule has 1 heterocycles. The fourth-order valence-electron chi connectivity index (χ4n) is 6.06. The van der Waals surface area contributed by atoms with Crippen LogP contribution < -0.4 is 18.9 Å². The number of rotatable bonds is 12. The van der Waals surface area contributed by atoms with Gasteiger partial charge in [-0.1, -0.05) is 19.1 Å². The summed E-state index contributed by atoms with van der Waals surface area (Å²) in [6.45, 7) is 10.7. The maximum atomic E-state index is 13.0. The second kappa shape index (κ2) is 15.4. The fraction of sp³-hybridized carbons (Fsp3) is 0.769. The molecule has 0 radical (unpaired) electrons. The van der Waals surface area contributed by atoms with Gasteiger partial charge in [-0.25, -0.2) is 12.7 Å². The molecular formula is C26H44LiNO8S. The van der Waals surface area contributed by atoms with Gasteiger partial charge in [0.1, 0.15) is 0 Å². The van der Waals surface area contributed by atoms with Crippen molar-refractivity contribution in [3.8, 4) is 0 Å². The molecule has 2 saturated carbocycles. The van der Waals surface area contributed by atoms with Crippen LogP contribution in [0.4, 0.5) is 0 Å². The minimum absolute atomic E-state index is 0. The van der Waals surface area contributed by atoms with Gasteiger partial charge in [0.15, 0.2) is 0 Å². The molecule has 208 valence electrons. The van der Waals surface area contributed by atoms with Gasteiger partial charge in [-0.05, 0) is 64.2 Å². The Labute approximate surface area is 234 Å². The van der Waals surface area contributed by atoms with Crippen molar-refractivity contribution in [3.05, 3.63) is 25.3 Å². The number of amides is 1. The third-order valence-corrected chi connectivity index (χ3v) is 10.1. The summed E-state index contributed by atoms with van der Waals surface area (Å²) < 4.78 is 37.1. The number of carboxylic acid groups (broad SMARTS) is 1. The zero-order chi connectivity index (χ0) is 26.4. The predicted molar refractivity (Wildman–Crippen MR) is 137 cm³/mol. The van der Waals surface area contributed by atoms with E-state index in [4.69, 9.17) is 14.6 Å². The van der Waals surface area contributed by atoms with E-state index in [1.54, 1.807) is 33.1 Å². The summed E-state index contributed by atoms with van der Waals surface area (Å²) >= 11 is 0. The number of hydrogen-bond donors (Lipinski definition) is 1. The van der Waals surface area contributed by atoms with Crippen molar-refractivity contribution in [2.24, 2.45) is 23.2 Å². The zero-order valence-corrected chi connectivity index (χ0v) is 23.9. The number of nitrogens with zero attached hydrogens (tertiary/aromatic N) is 1. The molecule has 7 atom stereocenters. The Kier molecular flexibility index (Phi) is 15.0. The van der Waals surface area contributed by atoms with Crippen molar-refractivity contribution in [1.29, 1.82) is 0 Å². The van der Waals surface area contributed by atoms with Crippen LogP contribution in [0.2, 0.25) is 0 Å². The Balaban J connectivity index is 0.000000801. The molecule has 11 heteroatoms. The number of fused-ring (bicyclic) bond motifs is 1. The van der Waals surface area contributed by atoms with Crippen molar-refractivity contribution in [3.63, 3.8) is 0 Å². The van der Waals surface area contributed by atoms with Crippen LogP contribution in [0.3, 0.4) is 0 Å². The summed E-state index contributed by atoms with van der Waals surface area (Å²) in [5, 5.41) is 8.68. The first-order chi connectivity index (χ1) is 16.5. The van der Waals surface area contributed by atoms with Crippen LogP contribution in [0.1, 0.15) is 65.2 Å². The average molecular weight is 538 g/mol. The molecule has 2 aliphatic carbocycles. The second-order valence-corrected chi connectivity index (χ2v) is 12.2. The van der Waals surface area contributed by atoms with Gasteiger partial charge in [0, 0.05) is 19.6 Å². The van der Waals surface area contributed by atoms with Crippen LogP contribution in [0.25, 0.3) is 0 Å². The fourth-order valence-corrected chi connectivity index (χ4v) is 8.51. The van der Waals surface area contributed by atoms with Crippen LogP contribution >= 0.6 is 0 Å². The summed E-state index contributed by atoms with van der Waals surface area (Å²) in [5.74, 6) is -1.25. The van der Waals surface area contributed by atoms with E-state index in [2.05, 4.69) is 13.2 Å². The Morgan fingerprint density at radius 2 is 1.59 bits per heavy atom. The molecule has 1 amide bonds. The molecule has 9 nitrogen and oxygen atoms in total. The van der Waals surface area contributed by atoms with Gasteiger partial charge >= 0.3 is 24.8 Å². The van der Waals surface area contributed by atoms with E-state index in [1.807, 2.05) is 0 Å². The predicted octanol–water partition coefficient (Wildman–Crippen LogP) is 0.850. The van der Waals surface area contributed by atoms with Gasteiger partial charge in [-0.2, -0.15) is 0 Å². The SMILES string of the molecule is C=CCC[C@@H](OC)[C@@H](C)C(=O)N1[C@H]2CC3CC[C@]2(C3)CS1(=O)=O.C=CCC[C@@H](OC)[C@@H](C)C(=O)O.[Li+].[OH-]. The normalized spacial score (nSPS) is 27.7. The van der Waals surface area contributed by atoms with E-state index in [9.17, 15) is 18.0 Å². The van der Waals surface area contributed by atoms with E-state index >= 15 is 0 Å². The zero-order valence-electron chi connectivity index (χ0n) is 23.1. The van der Waals surface area contributed by atoms with E-state index in [-0.39, 0.29) is 59.7 Å². The van der Waals surface area contributed by atoms with Crippen LogP contribution in [-0.2, 0) is 29.1 Å². The topological polar surface area (TPSA) is 140 Å². The number of sulfonamides is 1. The number of methoxy groups -OCH3 is 2. The Bertz CT molecular complexity index is 882. The molecule has 1 unspecified atom stereocenters. The number of aliphatic carboxylic acids is 1. The number of carbonyl (C=O) groups is 2. The minimum atomic E-state index is -3.49. The summed E-state index contributed by atoms with van der Waals surface area (Å²) in [5.41, 5.74) is -0.164. The number of carbonyl (C=O) groups excluding carboxylic acids is 1. The van der Waals surface area contributed by atoms with Gasteiger partial charge in [-0.3, -0.25) is 9.59 Å². The Hall–Kier alpha value is -1.15. The van der Waals surface area contributed by atoms with Crippen molar-refractivity contribution < 1.29 is 56.9 Å². The third-order valence-electron chi connectivity index (χ3n) is 8.09. The van der Waals surface area contributed by atoms with Gasteiger partial charge < -0.3 is 20.1 Å². The molecule has 0 aromatic heterocycles. The summed E-state index contributed by atoms with van der Waals surface area (Å²) in [6, 6.07) is -0.113. The van der Waals surface area contributed by atoms with Gasteiger partial charge in [-0.15, -0.1) is 13.2 Å². The summed E-state index contributed by atoms with van der Waals surface area (Å²) in [6.07, 6.45) is 9.89. The minimum Gasteiger partial charge on any atom is -0.870 e. The average Bonchev–Trinajstić information content (AvgIpc) is 3.43. The standard InChI is InChI=1S/C17H27NO4S.C9H16O3.Li.H2O/c1-4-5-6-14(22-3)12(2)16(19)18-15-9-13-7-8-17(15,10-13)11-23(18,20)21;1-4-5-6-8(12-3)7(2)9(10)11;;/h4,12-15H,1,5-11H2,2-3H3;4,7-8H,1,5-6H2,2-3H3,(H,10,11);;1H2/q;;+1;/p-1/t12-,13?,14-,15+,17+;7-,8-;;/m11../s1. The van der Waals surface area contributed by atoms with Gasteiger partial charge in [0.25, 0.3) is 0 Å². The molecular weight excluding hydrogens is 493 g/mol. The maximum absolute atomic E-state index is 13.0. The molecule has 3 rings (SSSR count). The van der Waals surface area contributed by atoms with E-state index < -0.39 is 27.8 Å². The quantitative estimate of drug-likeness (QED) is 0.285. The monoisotopic (exact) mass is 537 g/mol. The largest absolute Gasteiger partial charge is 1.00 e. The van der Waals surface area contributed by atoms with Crippen LogP contribution in [0.5, 0.6) is 0 Å². The molecule has 1 aliphatic heterocycles. The molecule has 1 spiro atoms.